The Morgan fingerprint density at radius 2 is 1.86 bits per heavy atom. The quantitative estimate of drug-likeness (QED) is 0.650. The van der Waals surface area contributed by atoms with Crippen LogP contribution in [0.5, 0.6) is 5.75 Å². The van der Waals surface area contributed by atoms with E-state index in [9.17, 15) is 9.59 Å². The van der Waals surface area contributed by atoms with Crippen molar-refractivity contribution < 1.29 is 14.3 Å². The highest BCUT2D eigenvalue weighted by atomic mass is 79.9. The molecular formula is C22H25BrN2O3. The summed E-state index contributed by atoms with van der Waals surface area (Å²) in [6, 6.07) is 15.1. The smallest absolute Gasteiger partial charge is 0.251 e. The van der Waals surface area contributed by atoms with Crippen LogP contribution in [0.1, 0.15) is 42.1 Å². The van der Waals surface area contributed by atoms with Crippen molar-refractivity contribution >= 4 is 27.7 Å². The maximum Gasteiger partial charge on any atom is 0.251 e. The van der Waals surface area contributed by atoms with Crippen molar-refractivity contribution in [1.82, 2.24) is 10.6 Å². The van der Waals surface area contributed by atoms with E-state index in [2.05, 4.69) is 38.7 Å². The topological polar surface area (TPSA) is 67.4 Å². The van der Waals surface area contributed by atoms with Gasteiger partial charge in [0.1, 0.15) is 5.75 Å². The molecule has 1 aliphatic carbocycles. The molecule has 0 heterocycles. The van der Waals surface area contributed by atoms with Gasteiger partial charge < -0.3 is 15.4 Å². The van der Waals surface area contributed by atoms with E-state index in [1.54, 1.807) is 24.3 Å². The molecule has 1 aliphatic rings. The average Bonchev–Trinajstić information content (AvgIpc) is 2.66. The molecule has 3 rings (SSSR count). The largest absolute Gasteiger partial charge is 0.494 e. The van der Waals surface area contributed by atoms with Crippen LogP contribution in [-0.4, -0.2) is 31.5 Å². The molecule has 0 aromatic heterocycles. The molecular weight excluding hydrogens is 420 g/mol. The number of carbonyl (C=O) groups is 2. The van der Waals surface area contributed by atoms with Crippen molar-refractivity contribution in [2.75, 3.05) is 19.7 Å². The van der Waals surface area contributed by atoms with E-state index in [0.29, 0.717) is 18.7 Å². The summed E-state index contributed by atoms with van der Waals surface area (Å²) in [5.41, 5.74) is 1.74. The van der Waals surface area contributed by atoms with Crippen LogP contribution in [0, 0.1) is 0 Å². The van der Waals surface area contributed by atoms with Gasteiger partial charge in [-0.1, -0.05) is 34.5 Å². The van der Waals surface area contributed by atoms with E-state index in [0.717, 1.165) is 29.5 Å². The van der Waals surface area contributed by atoms with Gasteiger partial charge in [0.25, 0.3) is 5.91 Å². The second kappa shape index (κ2) is 9.24. The fourth-order valence-electron chi connectivity index (χ4n) is 3.45. The lowest BCUT2D eigenvalue weighted by atomic mass is 9.64. The molecule has 0 saturated heterocycles. The molecule has 5 nitrogen and oxygen atoms in total. The molecule has 0 unspecified atom stereocenters. The van der Waals surface area contributed by atoms with Gasteiger partial charge in [0.05, 0.1) is 13.2 Å². The fourth-order valence-corrected chi connectivity index (χ4v) is 3.85. The Morgan fingerprint density at radius 1 is 1.11 bits per heavy atom. The Bertz CT molecular complexity index is 832. The Kier molecular flexibility index (Phi) is 6.73. The first-order valence-electron chi connectivity index (χ1n) is 9.56. The predicted octanol–water partition coefficient (Wildman–Crippen LogP) is 3.82. The van der Waals surface area contributed by atoms with Gasteiger partial charge in [0, 0.05) is 22.0 Å². The second-order valence-corrected chi connectivity index (χ2v) is 7.98. The number of nitrogens with one attached hydrogen (secondary N) is 2. The Hall–Kier alpha value is -2.34. The summed E-state index contributed by atoms with van der Waals surface area (Å²) in [5, 5.41) is 5.66. The molecule has 2 amide bonds. The first-order valence-corrected chi connectivity index (χ1v) is 10.4. The van der Waals surface area contributed by atoms with Gasteiger partial charge in [-0.3, -0.25) is 9.59 Å². The van der Waals surface area contributed by atoms with Crippen molar-refractivity contribution in [3.05, 3.63) is 64.1 Å². The van der Waals surface area contributed by atoms with Gasteiger partial charge >= 0.3 is 0 Å². The number of ether oxygens (including phenoxy) is 1. The molecule has 0 atom stereocenters. The van der Waals surface area contributed by atoms with Crippen LogP contribution in [0.25, 0.3) is 0 Å². The fraction of sp³-hybridized carbons (Fsp3) is 0.364. The number of halogens is 1. The van der Waals surface area contributed by atoms with Crippen LogP contribution in [-0.2, 0) is 10.2 Å². The lowest BCUT2D eigenvalue weighted by Gasteiger charge is -2.42. The summed E-state index contributed by atoms with van der Waals surface area (Å²) < 4.78 is 6.41. The molecule has 0 radical (unpaired) electrons. The minimum Gasteiger partial charge on any atom is -0.494 e. The SMILES string of the molecule is CCOc1ccc(C(=O)NCC(=O)NCC2(c3cccc(Br)c3)CCC2)cc1. The lowest BCUT2D eigenvalue weighted by molar-refractivity contribution is -0.120. The number of carbonyl (C=O) groups excluding carboxylic acids is 2. The van der Waals surface area contributed by atoms with Crippen LogP contribution < -0.4 is 15.4 Å². The summed E-state index contributed by atoms with van der Waals surface area (Å²) in [4.78, 5) is 24.5. The molecule has 28 heavy (non-hydrogen) atoms. The first-order chi connectivity index (χ1) is 13.5. The number of hydrogen-bond donors (Lipinski definition) is 2. The number of benzene rings is 2. The highest BCUT2D eigenvalue weighted by Gasteiger charge is 2.38. The van der Waals surface area contributed by atoms with Gasteiger partial charge in [-0.05, 0) is 61.7 Å². The molecule has 2 aromatic rings. The van der Waals surface area contributed by atoms with E-state index < -0.39 is 0 Å². The number of rotatable bonds is 8. The van der Waals surface area contributed by atoms with Crippen molar-refractivity contribution in [1.29, 1.82) is 0 Å². The first kappa shape index (κ1) is 20.4. The van der Waals surface area contributed by atoms with E-state index in [1.807, 2.05) is 19.1 Å². The summed E-state index contributed by atoms with van der Waals surface area (Å²) >= 11 is 3.52. The lowest BCUT2D eigenvalue weighted by Crippen LogP contribution is -2.47. The second-order valence-electron chi connectivity index (χ2n) is 7.06. The maximum absolute atomic E-state index is 12.2. The predicted molar refractivity (Wildman–Crippen MR) is 113 cm³/mol. The number of amides is 2. The monoisotopic (exact) mass is 444 g/mol. The number of hydrogen-bond acceptors (Lipinski definition) is 3. The van der Waals surface area contributed by atoms with Crippen molar-refractivity contribution in [2.24, 2.45) is 0 Å². The summed E-state index contributed by atoms with van der Waals surface area (Å²) in [6.07, 6.45) is 3.28. The molecule has 0 aliphatic heterocycles. The van der Waals surface area contributed by atoms with Gasteiger partial charge in [-0.2, -0.15) is 0 Å². The Balaban J connectivity index is 1.49. The zero-order valence-corrected chi connectivity index (χ0v) is 17.6. The zero-order valence-electron chi connectivity index (χ0n) is 16.0. The van der Waals surface area contributed by atoms with Crippen LogP contribution in [0.4, 0.5) is 0 Å². The molecule has 2 aromatic carbocycles. The van der Waals surface area contributed by atoms with Gasteiger partial charge in [0.15, 0.2) is 0 Å². The molecule has 148 valence electrons. The summed E-state index contributed by atoms with van der Waals surface area (Å²) in [7, 11) is 0. The third-order valence-electron chi connectivity index (χ3n) is 5.21. The van der Waals surface area contributed by atoms with E-state index in [4.69, 9.17) is 4.74 Å². The zero-order chi connectivity index (χ0) is 20.0. The van der Waals surface area contributed by atoms with Crippen LogP contribution in [0.15, 0.2) is 53.0 Å². The highest BCUT2D eigenvalue weighted by Crippen LogP contribution is 2.43. The van der Waals surface area contributed by atoms with Gasteiger partial charge in [-0.25, -0.2) is 0 Å². The molecule has 2 N–H and O–H groups in total. The average molecular weight is 445 g/mol. The highest BCUT2D eigenvalue weighted by molar-refractivity contribution is 9.10. The summed E-state index contributed by atoms with van der Waals surface area (Å²) in [6.45, 7) is 3.03. The normalized spacial score (nSPS) is 14.6. The Labute approximate surface area is 174 Å². The molecule has 0 spiro atoms. The maximum atomic E-state index is 12.2. The van der Waals surface area contributed by atoms with Crippen molar-refractivity contribution in [2.45, 2.75) is 31.6 Å². The van der Waals surface area contributed by atoms with Crippen molar-refractivity contribution in [3.63, 3.8) is 0 Å². The summed E-state index contributed by atoms with van der Waals surface area (Å²) in [5.74, 6) is 0.263. The molecule has 0 bridgehead atoms. The van der Waals surface area contributed by atoms with E-state index in [1.165, 1.54) is 5.56 Å². The molecule has 6 heteroatoms. The van der Waals surface area contributed by atoms with E-state index in [-0.39, 0.29) is 23.8 Å². The van der Waals surface area contributed by atoms with Crippen LogP contribution >= 0.6 is 15.9 Å². The van der Waals surface area contributed by atoms with Crippen LogP contribution in [0.3, 0.4) is 0 Å². The third-order valence-corrected chi connectivity index (χ3v) is 5.70. The van der Waals surface area contributed by atoms with Crippen LogP contribution in [0.2, 0.25) is 0 Å². The Morgan fingerprint density at radius 3 is 2.46 bits per heavy atom. The van der Waals surface area contributed by atoms with Crippen molar-refractivity contribution in [3.8, 4) is 5.75 Å². The minimum absolute atomic E-state index is 0.00143. The third kappa shape index (κ3) is 4.93. The molecule has 1 saturated carbocycles. The minimum atomic E-state index is -0.274. The molecule has 1 fully saturated rings. The van der Waals surface area contributed by atoms with Gasteiger partial charge in [0.2, 0.25) is 5.91 Å². The van der Waals surface area contributed by atoms with Gasteiger partial charge in [-0.15, -0.1) is 0 Å². The standard InChI is InChI=1S/C22H25BrN2O3/c1-2-28-19-9-7-16(8-10-19)21(27)24-14-20(26)25-15-22(11-4-12-22)17-5-3-6-18(23)13-17/h3,5-10,13H,2,4,11-12,14-15H2,1H3,(H,24,27)(H,25,26). The van der Waals surface area contributed by atoms with E-state index >= 15 is 0 Å².